The summed E-state index contributed by atoms with van der Waals surface area (Å²) in [5.41, 5.74) is 0. The zero-order chi connectivity index (χ0) is 12.2. The molecule has 0 aromatic rings. The predicted molar refractivity (Wildman–Crippen MR) is 63.9 cm³/mol. The summed E-state index contributed by atoms with van der Waals surface area (Å²) < 4.78 is 0. The van der Waals surface area contributed by atoms with Crippen LogP contribution in [0, 0.1) is 5.92 Å². The lowest BCUT2D eigenvalue weighted by atomic mass is 10.1. The van der Waals surface area contributed by atoms with Crippen LogP contribution in [0.15, 0.2) is 0 Å². The highest BCUT2D eigenvalue weighted by Crippen LogP contribution is 2.08. The molecule has 0 saturated heterocycles. The molecule has 0 aliphatic carbocycles. The van der Waals surface area contributed by atoms with Gasteiger partial charge in [0.2, 0.25) is 11.8 Å². The van der Waals surface area contributed by atoms with Crippen molar-refractivity contribution in [2.24, 2.45) is 5.92 Å². The molecule has 0 aliphatic rings. The van der Waals surface area contributed by atoms with Crippen LogP contribution in [-0.4, -0.2) is 42.1 Å². The highest BCUT2D eigenvalue weighted by Gasteiger charge is 2.22. The van der Waals surface area contributed by atoms with Crippen LogP contribution in [0.5, 0.6) is 0 Å². The molecular weight excluding hydrogens is 212 g/mol. The number of hydrogen-bond acceptors (Lipinski definition) is 3. The zero-order valence-corrected chi connectivity index (χ0v) is 10.8. The molecule has 0 aromatic carbocycles. The lowest BCUT2D eigenvalue weighted by Crippen LogP contribution is -2.47. The van der Waals surface area contributed by atoms with E-state index in [1.165, 1.54) is 4.90 Å². The molecule has 88 valence electrons. The number of hydrogen-bond donors (Lipinski definition) is 2. The van der Waals surface area contributed by atoms with Gasteiger partial charge in [-0.05, 0) is 12.8 Å². The van der Waals surface area contributed by atoms with Gasteiger partial charge >= 0.3 is 0 Å². The minimum Gasteiger partial charge on any atom is -0.347 e. The Morgan fingerprint density at radius 1 is 1.20 bits per heavy atom. The maximum atomic E-state index is 11.6. The lowest BCUT2D eigenvalue weighted by Gasteiger charge is -2.21. The van der Waals surface area contributed by atoms with Gasteiger partial charge in [0, 0.05) is 14.1 Å². The number of rotatable bonds is 4. The van der Waals surface area contributed by atoms with E-state index in [1.807, 2.05) is 13.8 Å². The smallest absolute Gasteiger partial charge is 0.244 e. The van der Waals surface area contributed by atoms with E-state index >= 15 is 0 Å². The van der Waals surface area contributed by atoms with Crippen LogP contribution in [0.4, 0.5) is 0 Å². The van der Waals surface area contributed by atoms with Gasteiger partial charge in [-0.3, -0.25) is 9.59 Å². The molecule has 4 nitrogen and oxygen atoms in total. The first-order valence-electron chi connectivity index (χ1n) is 4.97. The number of carbonyl (C=O) groups excluding carboxylic acids is 2. The number of nitrogens with one attached hydrogen (secondary N) is 1. The summed E-state index contributed by atoms with van der Waals surface area (Å²) in [7, 11) is 3.32. The Hall–Kier alpha value is -0.710. The third kappa shape index (κ3) is 4.55. The van der Waals surface area contributed by atoms with Crippen LogP contribution in [0.1, 0.15) is 20.8 Å². The summed E-state index contributed by atoms with van der Waals surface area (Å²) >= 11 is 4.18. The van der Waals surface area contributed by atoms with Gasteiger partial charge in [-0.25, -0.2) is 0 Å². The van der Waals surface area contributed by atoms with Gasteiger partial charge in [-0.2, -0.15) is 12.6 Å². The minimum atomic E-state index is -0.499. The molecule has 0 saturated carbocycles. The van der Waals surface area contributed by atoms with Crippen molar-refractivity contribution < 1.29 is 9.59 Å². The van der Waals surface area contributed by atoms with E-state index in [2.05, 4.69) is 17.9 Å². The standard InChI is InChI=1S/C10H20N2O2S/c1-6(2)8(15)9(13)11-7(3)10(14)12(4)5/h6-8,15H,1-5H3,(H,11,13). The highest BCUT2D eigenvalue weighted by molar-refractivity contribution is 7.81. The van der Waals surface area contributed by atoms with Gasteiger partial charge < -0.3 is 10.2 Å². The molecule has 0 aliphatic heterocycles. The van der Waals surface area contributed by atoms with Crippen LogP contribution < -0.4 is 5.32 Å². The van der Waals surface area contributed by atoms with Gasteiger partial charge in [0.1, 0.15) is 6.04 Å². The first-order chi connectivity index (χ1) is 6.77. The summed E-state index contributed by atoms with van der Waals surface area (Å²) in [4.78, 5) is 24.5. The van der Waals surface area contributed by atoms with Gasteiger partial charge in [-0.15, -0.1) is 0 Å². The SMILES string of the molecule is CC(NC(=O)C(S)C(C)C)C(=O)N(C)C. The van der Waals surface area contributed by atoms with Gasteiger partial charge in [0.05, 0.1) is 5.25 Å². The van der Waals surface area contributed by atoms with E-state index in [0.717, 1.165) is 0 Å². The molecule has 0 radical (unpaired) electrons. The van der Waals surface area contributed by atoms with E-state index in [9.17, 15) is 9.59 Å². The number of carbonyl (C=O) groups is 2. The fraction of sp³-hybridized carbons (Fsp3) is 0.800. The molecule has 0 aromatic heterocycles. The van der Waals surface area contributed by atoms with Crippen molar-refractivity contribution in [1.29, 1.82) is 0 Å². The van der Waals surface area contributed by atoms with Crippen LogP contribution >= 0.6 is 12.6 Å². The molecule has 0 rings (SSSR count). The number of thiol groups is 1. The molecule has 2 amide bonds. The quantitative estimate of drug-likeness (QED) is 0.695. The van der Waals surface area contributed by atoms with E-state index in [1.54, 1.807) is 21.0 Å². The Balaban J connectivity index is 4.24. The molecule has 1 N–H and O–H groups in total. The third-order valence-corrected chi connectivity index (χ3v) is 2.90. The second-order valence-corrected chi connectivity index (χ2v) is 4.71. The molecular formula is C10H20N2O2S. The molecule has 0 spiro atoms. The molecule has 0 bridgehead atoms. The van der Waals surface area contributed by atoms with Crippen molar-refractivity contribution in [1.82, 2.24) is 10.2 Å². The van der Waals surface area contributed by atoms with Crippen molar-refractivity contribution in [3.8, 4) is 0 Å². The molecule has 15 heavy (non-hydrogen) atoms. The number of likely N-dealkylation sites (N-methyl/N-ethyl adjacent to an activating group) is 1. The summed E-state index contributed by atoms with van der Waals surface area (Å²) in [6.07, 6.45) is 0. The van der Waals surface area contributed by atoms with Crippen molar-refractivity contribution >= 4 is 24.4 Å². The second-order valence-electron chi connectivity index (χ2n) is 4.15. The Morgan fingerprint density at radius 3 is 2.00 bits per heavy atom. The Morgan fingerprint density at radius 2 is 1.67 bits per heavy atom. The molecule has 2 unspecified atom stereocenters. The minimum absolute atomic E-state index is 0.118. The van der Waals surface area contributed by atoms with Crippen molar-refractivity contribution in [3.05, 3.63) is 0 Å². The Bertz CT molecular complexity index is 242. The number of nitrogens with zero attached hydrogens (tertiary/aromatic N) is 1. The Labute approximate surface area is 96.8 Å². The van der Waals surface area contributed by atoms with E-state index in [0.29, 0.717) is 0 Å². The molecule has 5 heteroatoms. The molecule has 2 atom stereocenters. The summed E-state index contributed by atoms with van der Waals surface area (Å²) in [6, 6.07) is -0.499. The maximum absolute atomic E-state index is 11.6. The van der Waals surface area contributed by atoms with Gasteiger partial charge in [-0.1, -0.05) is 13.8 Å². The van der Waals surface area contributed by atoms with Crippen molar-refractivity contribution in [2.45, 2.75) is 32.1 Å². The number of amides is 2. The van der Waals surface area contributed by atoms with E-state index < -0.39 is 6.04 Å². The lowest BCUT2D eigenvalue weighted by molar-refractivity contribution is -0.133. The first kappa shape index (κ1) is 14.3. The predicted octanol–water partition coefficient (Wildman–Crippen LogP) is 0.534. The highest BCUT2D eigenvalue weighted by atomic mass is 32.1. The largest absolute Gasteiger partial charge is 0.347 e. The van der Waals surface area contributed by atoms with Crippen LogP contribution in [0.25, 0.3) is 0 Å². The second kappa shape index (κ2) is 6.00. The molecule has 0 heterocycles. The van der Waals surface area contributed by atoms with Crippen molar-refractivity contribution in [3.63, 3.8) is 0 Å². The van der Waals surface area contributed by atoms with Crippen LogP contribution in [0.2, 0.25) is 0 Å². The first-order valence-corrected chi connectivity index (χ1v) is 5.48. The third-order valence-electron chi connectivity index (χ3n) is 2.07. The topological polar surface area (TPSA) is 49.4 Å². The van der Waals surface area contributed by atoms with Gasteiger partial charge in [0.15, 0.2) is 0 Å². The summed E-state index contributed by atoms with van der Waals surface area (Å²) in [5.74, 6) is -0.168. The fourth-order valence-electron chi connectivity index (χ4n) is 1.05. The summed E-state index contributed by atoms with van der Waals surface area (Å²) in [5, 5.41) is 2.26. The van der Waals surface area contributed by atoms with E-state index in [-0.39, 0.29) is 23.0 Å². The average Bonchev–Trinajstić information content (AvgIpc) is 2.14. The summed E-state index contributed by atoms with van der Waals surface area (Å²) in [6.45, 7) is 5.49. The monoisotopic (exact) mass is 232 g/mol. The maximum Gasteiger partial charge on any atom is 0.244 e. The van der Waals surface area contributed by atoms with Crippen LogP contribution in [-0.2, 0) is 9.59 Å². The normalized spacial score (nSPS) is 14.6. The molecule has 0 fully saturated rings. The Kier molecular flexibility index (Phi) is 5.72. The van der Waals surface area contributed by atoms with Crippen molar-refractivity contribution in [2.75, 3.05) is 14.1 Å². The van der Waals surface area contributed by atoms with Crippen LogP contribution in [0.3, 0.4) is 0 Å². The van der Waals surface area contributed by atoms with Gasteiger partial charge in [0.25, 0.3) is 0 Å². The fourth-order valence-corrected chi connectivity index (χ4v) is 1.13. The average molecular weight is 232 g/mol. The van der Waals surface area contributed by atoms with E-state index in [4.69, 9.17) is 0 Å². The zero-order valence-electron chi connectivity index (χ0n) is 9.94.